The number of rotatable bonds is 5. The molecule has 3 N–H and O–H groups in total. The van der Waals surface area contributed by atoms with Gasteiger partial charge in [0, 0.05) is 12.6 Å². The molecule has 0 aromatic carbocycles. The number of nitrogens with two attached hydrogens (primary N) is 1. The van der Waals surface area contributed by atoms with Crippen LogP contribution >= 0.6 is 0 Å². The van der Waals surface area contributed by atoms with Gasteiger partial charge in [0.2, 0.25) is 0 Å². The van der Waals surface area contributed by atoms with Crippen LogP contribution in [0.4, 0.5) is 0 Å². The second-order valence-electron chi connectivity index (χ2n) is 4.89. The standard InChI is InChI=1S/C13H27N3/c1-3-11(4-2)10-15-13(14)16-12-8-6-5-7-9-12/h11-12H,3-10H2,1-2H3,(H3,14,15,16). The summed E-state index contributed by atoms with van der Waals surface area (Å²) in [7, 11) is 0. The van der Waals surface area contributed by atoms with Gasteiger partial charge in [0.05, 0.1) is 0 Å². The predicted molar refractivity (Wildman–Crippen MR) is 70.6 cm³/mol. The summed E-state index contributed by atoms with van der Waals surface area (Å²) in [5.74, 6) is 1.34. The minimum absolute atomic E-state index is 0.569. The molecule has 1 aliphatic rings. The Bertz CT molecular complexity index is 203. The molecule has 3 heteroatoms. The van der Waals surface area contributed by atoms with Crippen LogP contribution in [0.15, 0.2) is 4.99 Å². The van der Waals surface area contributed by atoms with Crippen molar-refractivity contribution in [1.82, 2.24) is 5.32 Å². The van der Waals surface area contributed by atoms with Crippen molar-refractivity contribution < 1.29 is 0 Å². The van der Waals surface area contributed by atoms with Crippen LogP contribution in [-0.4, -0.2) is 18.5 Å². The molecule has 0 atom stereocenters. The quantitative estimate of drug-likeness (QED) is 0.558. The second-order valence-corrected chi connectivity index (χ2v) is 4.89. The van der Waals surface area contributed by atoms with Crippen LogP contribution in [-0.2, 0) is 0 Å². The maximum Gasteiger partial charge on any atom is 0.188 e. The largest absolute Gasteiger partial charge is 0.370 e. The van der Waals surface area contributed by atoms with Gasteiger partial charge in [-0.15, -0.1) is 0 Å². The first-order chi connectivity index (χ1) is 7.76. The van der Waals surface area contributed by atoms with Crippen molar-refractivity contribution in [3.63, 3.8) is 0 Å². The Morgan fingerprint density at radius 2 is 1.88 bits per heavy atom. The Morgan fingerprint density at radius 1 is 1.25 bits per heavy atom. The Kier molecular flexibility index (Phi) is 6.27. The van der Waals surface area contributed by atoms with E-state index in [4.69, 9.17) is 5.73 Å². The molecule has 3 nitrogen and oxygen atoms in total. The average Bonchev–Trinajstić information content (AvgIpc) is 2.31. The summed E-state index contributed by atoms with van der Waals surface area (Å²) in [5, 5.41) is 3.35. The van der Waals surface area contributed by atoms with Crippen molar-refractivity contribution in [2.45, 2.75) is 64.8 Å². The highest BCUT2D eigenvalue weighted by Gasteiger charge is 2.13. The first kappa shape index (κ1) is 13.3. The third kappa shape index (κ3) is 4.86. The zero-order chi connectivity index (χ0) is 11.8. The molecule has 94 valence electrons. The summed E-state index contributed by atoms with van der Waals surface area (Å²) in [6.07, 6.45) is 8.92. The zero-order valence-electron chi connectivity index (χ0n) is 10.8. The van der Waals surface area contributed by atoms with Gasteiger partial charge in [0.25, 0.3) is 0 Å². The molecule has 1 fully saturated rings. The van der Waals surface area contributed by atoms with Gasteiger partial charge in [-0.3, -0.25) is 4.99 Å². The maximum atomic E-state index is 5.90. The van der Waals surface area contributed by atoms with E-state index in [0.29, 0.717) is 17.9 Å². The van der Waals surface area contributed by atoms with Gasteiger partial charge in [0.15, 0.2) is 5.96 Å². The molecule has 16 heavy (non-hydrogen) atoms. The highest BCUT2D eigenvalue weighted by atomic mass is 15.1. The zero-order valence-corrected chi connectivity index (χ0v) is 10.8. The van der Waals surface area contributed by atoms with Gasteiger partial charge in [-0.25, -0.2) is 0 Å². The normalized spacial score (nSPS) is 19.1. The molecule has 0 radical (unpaired) electrons. The molecule has 0 bridgehead atoms. The summed E-state index contributed by atoms with van der Waals surface area (Å²) in [5.41, 5.74) is 5.90. The molecule has 1 aliphatic carbocycles. The monoisotopic (exact) mass is 225 g/mol. The third-order valence-electron chi connectivity index (χ3n) is 3.63. The molecule has 1 saturated carbocycles. The van der Waals surface area contributed by atoms with E-state index < -0.39 is 0 Å². The van der Waals surface area contributed by atoms with E-state index in [9.17, 15) is 0 Å². The fourth-order valence-corrected chi connectivity index (χ4v) is 2.28. The molecule has 0 heterocycles. The minimum atomic E-state index is 0.569. The Morgan fingerprint density at radius 3 is 2.44 bits per heavy atom. The summed E-state index contributed by atoms with van der Waals surface area (Å²) in [6, 6.07) is 0.569. The molecule has 0 spiro atoms. The molecule has 0 unspecified atom stereocenters. The Hall–Kier alpha value is -0.730. The van der Waals surface area contributed by atoms with Crippen LogP contribution in [0.3, 0.4) is 0 Å². The summed E-state index contributed by atoms with van der Waals surface area (Å²) >= 11 is 0. The predicted octanol–water partition coefficient (Wildman–Crippen LogP) is 2.66. The van der Waals surface area contributed by atoms with Crippen molar-refractivity contribution in [3.8, 4) is 0 Å². The highest BCUT2D eigenvalue weighted by Crippen LogP contribution is 2.17. The summed E-state index contributed by atoms with van der Waals surface area (Å²) < 4.78 is 0. The Labute approximate surface area is 99.9 Å². The number of nitrogens with zero attached hydrogens (tertiary/aromatic N) is 1. The van der Waals surface area contributed by atoms with Crippen LogP contribution < -0.4 is 11.1 Å². The lowest BCUT2D eigenvalue weighted by Gasteiger charge is -2.23. The summed E-state index contributed by atoms with van der Waals surface area (Å²) in [4.78, 5) is 4.44. The first-order valence-electron chi connectivity index (χ1n) is 6.82. The fourth-order valence-electron chi connectivity index (χ4n) is 2.28. The van der Waals surface area contributed by atoms with E-state index in [2.05, 4.69) is 24.2 Å². The molecule has 0 aromatic heterocycles. The van der Waals surface area contributed by atoms with Crippen LogP contribution in [0.25, 0.3) is 0 Å². The molecule has 0 saturated heterocycles. The van der Waals surface area contributed by atoms with Gasteiger partial charge >= 0.3 is 0 Å². The number of aliphatic imine (C=N–C) groups is 1. The van der Waals surface area contributed by atoms with Crippen molar-refractivity contribution in [1.29, 1.82) is 0 Å². The van der Waals surface area contributed by atoms with Crippen molar-refractivity contribution in [2.24, 2.45) is 16.6 Å². The molecule has 0 aliphatic heterocycles. The van der Waals surface area contributed by atoms with E-state index in [-0.39, 0.29) is 0 Å². The van der Waals surface area contributed by atoms with Crippen molar-refractivity contribution >= 4 is 5.96 Å². The van der Waals surface area contributed by atoms with Gasteiger partial charge in [-0.1, -0.05) is 46.0 Å². The SMILES string of the molecule is CCC(CC)CN=C(N)NC1CCCCC1. The molecule has 1 rings (SSSR count). The number of hydrogen-bond acceptors (Lipinski definition) is 1. The smallest absolute Gasteiger partial charge is 0.188 e. The van der Waals surface area contributed by atoms with Gasteiger partial charge < -0.3 is 11.1 Å². The first-order valence-corrected chi connectivity index (χ1v) is 6.82. The average molecular weight is 225 g/mol. The van der Waals surface area contributed by atoms with E-state index in [1.807, 2.05) is 0 Å². The summed E-state index contributed by atoms with van der Waals surface area (Å²) in [6.45, 7) is 5.31. The van der Waals surface area contributed by atoms with E-state index in [1.54, 1.807) is 0 Å². The fraction of sp³-hybridized carbons (Fsp3) is 0.923. The topological polar surface area (TPSA) is 50.4 Å². The van der Waals surface area contributed by atoms with Crippen molar-refractivity contribution in [2.75, 3.05) is 6.54 Å². The van der Waals surface area contributed by atoms with Crippen molar-refractivity contribution in [3.05, 3.63) is 0 Å². The van der Waals surface area contributed by atoms with Crippen LogP contribution in [0.1, 0.15) is 58.8 Å². The van der Waals surface area contributed by atoms with Crippen LogP contribution in [0.5, 0.6) is 0 Å². The lowest BCUT2D eigenvalue weighted by molar-refractivity contribution is 0.411. The van der Waals surface area contributed by atoms with E-state index in [1.165, 1.54) is 44.9 Å². The second kappa shape index (κ2) is 7.53. The number of nitrogens with one attached hydrogen (secondary N) is 1. The van der Waals surface area contributed by atoms with Gasteiger partial charge in [-0.2, -0.15) is 0 Å². The van der Waals surface area contributed by atoms with E-state index in [0.717, 1.165) is 6.54 Å². The lowest BCUT2D eigenvalue weighted by atomic mass is 9.96. The number of hydrogen-bond donors (Lipinski definition) is 2. The van der Waals surface area contributed by atoms with Gasteiger partial charge in [-0.05, 0) is 18.8 Å². The van der Waals surface area contributed by atoms with Crippen LogP contribution in [0.2, 0.25) is 0 Å². The maximum absolute atomic E-state index is 5.90. The van der Waals surface area contributed by atoms with E-state index >= 15 is 0 Å². The van der Waals surface area contributed by atoms with Gasteiger partial charge in [0.1, 0.15) is 0 Å². The molecule has 0 aromatic rings. The third-order valence-corrected chi connectivity index (χ3v) is 3.63. The molecule has 0 amide bonds. The molecular weight excluding hydrogens is 198 g/mol. The number of guanidine groups is 1. The van der Waals surface area contributed by atoms with Crippen LogP contribution in [0, 0.1) is 5.92 Å². The molecular formula is C13H27N3. The minimum Gasteiger partial charge on any atom is -0.370 e. The lowest BCUT2D eigenvalue weighted by Crippen LogP contribution is -2.41. The Balaban J connectivity index is 2.26. The highest BCUT2D eigenvalue weighted by molar-refractivity contribution is 5.78.